The number of amides is 1. The van der Waals surface area contributed by atoms with Crippen molar-refractivity contribution < 1.29 is 27.8 Å². The second kappa shape index (κ2) is 13.0. The molecule has 2 fully saturated rings. The molecule has 2 aliphatic heterocycles. The van der Waals surface area contributed by atoms with Crippen molar-refractivity contribution >= 4 is 21.6 Å². The van der Waals surface area contributed by atoms with Crippen LogP contribution in [0, 0.1) is 11.8 Å². The number of nitrogens with zero attached hydrogens (tertiary/aromatic N) is 1. The van der Waals surface area contributed by atoms with Crippen molar-refractivity contribution in [2.75, 3.05) is 30.8 Å². The van der Waals surface area contributed by atoms with Crippen LogP contribution in [0.1, 0.15) is 56.8 Å². The van der Waals surface area contributed by atoms with E-state index >= 15 is 0 Å². The number of aliphatic hydroxyl groups is 1. The average Bonchev–Trinajstić information content (AvgIpc) is 2.87. The summed E-state index contributed by atoms with van der Waals surface area (Å²) in [4.78, 5) is 13.0. The first-order valence-electron chi connectivity index (χ1n) is 13.1. The minimum Gasteiger partial charge on any atom is -0.396 e. The van der Waals surface area contributed by atoms with E-state index in [1.807, 2.05) is 6.92 Å². The number of ether oxygens (including phenoxy) is 2. The Labute approximate surface area is 221 Å². The molecule has 2 saturated heterocycles. The predicted octanol–water partition coefficient (Wildman–Crippen LogP) is 3.67. The van der Waals surface area contributed by atoms with Crippen LogP contribution in [0.15, 0.2) is 48.1 Å². The SMILES string of the molecule is CC(/C=C/[C@@H]1CC(CO)CCO1)=C\C[C@@H]1O[C@H](C)[C@H](NC(=O)c2cccc(N(C)S(C)(=O)=O)c2)C[C@@H]1C. The van der Waals surface area contributed by atoms with Gasteiger partial charge in [-0.25, -0.2) is 8.42 Å². The highest BCUT2D eigenvalue weighted by atomic mass is 32.2. The first-order chi connectivity index (χ1) is 17.5. The number of carbonyl (C=O) groups excluding carboxylic acids is 1. The molecule has 2 aliphatic rings. The standard InChI is InChI=1S/C28H42N2O6S/c1-19(9-11-25-16-22(18-31)13-14-35-25)10-12-27-20(2)15-26(21(3)36-27)29-28(32)23-7-6-8-24(17-23)30(4)37(5,33)34/h6-11,17,20-22,25-27,31H,12-16,18H2,1-5H3,(H,29,32)/b11-9+,19-10+/t20-,21+,22?,25+,26+,27-/m0/s1. The first-order valence-corrected chi connectivity index (χ1v) is 14.9. The van der Waals surface area contributed by atoms with Crippen LogP contribution in [0.5, 0.6) is 0 Å². The molecule has 206 valence electrons. The van der Waals surface area contributed by atoms with Gasteiger partial charge in [0.15, 0.2) is 0 Å². The van der Waals surface area contributed by atoms with E-state index in [1.54, 1.807) is 24.3 Å². The molecule has 37 heavy (non-hydrogen) atoms. The summed E-state index contributed by atoms with van der Waals surface area (Å²) in [7, 11) is -1.95. The molecule has 0 bridgehead atoms. The summed E-state index contributed by atoms with van der Waals surface area (Å²) in [5.74, 6) is 0.324. The highest BCUT2D eigenvalue weighted by Crippen LogP contribution is 2.28. The second-order valence-corrected chi connectivity index (χ2v) is 12.5. The highest BCUT2D eigenvalue weighted by molar-refractivity contribution is 7.92. The van der Waals surface area contributed by atoms with Gasteiger partial charge in [-0.15, -0.1) is 0 Å². The Morgan fingerprint density at radius 2 is 2.03 bits per heavy atom. The number of carbonyl (C=O) groups is 1. The number of aliphatic hydroxyl groups excluding tert-OH is 1. The summed E-state index contributed by atoms with van der Waals surface area (Å²) in [5, 5.41) is 12.5. The Kier molecular flexibility index (Phi) is 10.3. The van der Waals surface area contributed by atoms with Crippen molar-refractivity contribution in [2.45, 2.75) is 70.8 Å². The fourth-order valence-electron chi connectivity index (χ4n) is 4.83. The van der Waals surface area contributed by atoms with E-state index in [0.29, 0.717) is 23.8 Å². The molecule has 1 amide bonds. The third-order valence-electron chi connectivity index (χ3n) is 7.43. The summed E-state index contributed by atoms with van der Waals surface area (Å²) in [5.41, 5.74) is 2.00. The summed E-state index contributed by atoms with van der Waals surface area (Å²) < 4.78 is 36.9. The van der Waals surface area contributed by atoms with Gasteiger partial charge in [-0.2, -0.15) is 0 Å². The van der Waals surface area contributed by atoms with Crippen molar-refractivity contribution in [1.29, 1.82) is 0 Å². The minimum atomic E-state index is -3.42. The van der Waals surface area contributed by atoms with Crippen LogP contribution < -0.4 is 9.62 Å². The Hall–Kier alpha value is -2.20. The summed E-state index contributed by atoms with van der Waals surface area (Å²) >= 11 is 0. The van der Waals surface area contributed by atoms with Crippen LogP contribution in [0.2, 0.25) is 0 Å². The largest absolute Gasteiger partial charge is 0.396 e. The quantitative estimate of drug-likeness (QED) is 0.469. The Morgan fingerprint density at radius 1 is 1.27 bits per heavy atom. The number of rotatable bonds is 9. The molecular formula is C28H42N2O6S. The maximum atomic E-state index is 13.0. The number of hydrogen-bond donors (Lipinski definition) is 2. The van der Waals surface area contributed by atoms with Gasteiger partial charge < -0.3 is 19.9 Å². The molecular weight excluding hydrogens is 492 g/mol. The van der Waals surface area contributed by atoms with Gasteiger partial charge in [0.25, 0.3) is 5.91 Å². The zero-order chi connectivity index (χ0) is 27.2. The molecule has 1 aromatic rings. The molecule has 9 heteroatoms. The lowest BCUT2D eigenvalue weighted by atomic mass is 9.88. The van der Waals surface area contributed by atoms with E-state index in [-0.39, 0.29) is 42.8 Å². The molecule has 8 nitrogen and oxygen atoms in total. The third-order valence-corrected chi connectivity index (χ3v) is 8.64. The van der Waals surface area contributed by atoms with E-state index in [4.69, 9.17) is 9.47 Å². The van der Waals surface area contributed by atoms with Crippen molar-refractivity contribution in [3.63, 3.8) is 0 Å². The van der Waals surface area contributed by atoms with E-state index in [0.717, 1.165) is 41.8 Å². The fourth-order valence-corrected chi connectivity index (χ4v) is 5.33. The molecule has 0 aromatic heterocycles. The lowest BCUT2D eigenvalue weighted by Gasteiger charge is -2.39. The molecule has 3 rings (SSSR count). The molecule has 1 aromatic carbocycles. The highest BCUT2D eigenvalue weighted by Gasteiger charge is 2.34. The fraction of sp³-hybridized carbons (Fsp3) is 0.607. The van der Waals surface area contributed by atoms with Crippen molar-refractivity contribution in [2.24, 2.45) is 11.8 Å². The first kappa shape index (κ1) is 29.4. The van der Waals surface area contributed by atoms with Gasteiger partial charge >= 0.3 is 0 Å². The summed E-state index contributed by atoms with van der Waals surface area (Å²) in [6.45, 7) is 7.09. The van der Waals surface area contributed by atoms with Gasteiger partial charge in [-0.1, -0.05) is 36.8 Å². The van der Waals surface area contributed by atoms with E-state index < -0.39 is 10.0 Å². The number of allylic oxidation sites excluding steroid dienone is 2. The molecule has 0 spiro atoms. The molecule has 6 atom stereocenters. The van der Waals surface area contributed by atoms with Crippen LogP contribution in [0.3, 0.4) is 0 Å². The van der Waals surface area contributed by atoms with Gasteiger partial charge in [-0.3, -0.25) is 9.10 Å². The van der Waals surface area contributed by atoms with Crippen LogP contribution >= 0.6 is 0 Å². The van der Waals surface area contributed by atoms with E-state index in [2.05, 4.69) is 37.4 Å². The topological polar surface area (TPSA) is 105 Å². The van der Waals surface area contributed by atoms with Crippen molar-refractivity contribution in [3.8, 4) is 0 Å². The molecule has 2 N–H and O–H groups in total. The molecule has 0 aliphatic carbocycles. The lowest BCUT2D eigenvalue weighted by molar-refractivity contribution is -0.0840. The minimum absolute atomic E-state index is 0.0518. The summed E-state index contributed by atoms with van der Waals surface area (Å²) in [6.07, 6.45) is 10.8. The maximum Gasteiger partial charge on any atom is 0.251 e. The average molecular weight is 535 g/mol. The van der Waals surface area contributed by atoms with Gasteiger partial charge in [0.2, 0.25) is 10.0 Å². The monoisotopic (exact) mass is 534 g/mol. The second-order valence-electron chi connectivity index (χ2n) is 10.5. The zero-order valence-electron chi connectivity index (χ0n) is 22.6. The number of nitrogens with one attached hydrogen (secondary N) is 1. The number of benzene rings is 1. The molecule has 2 heterocycles. The third kappa shape index (κ3) is 8.40. The predicted molar refractivity (Wildman–Crippen MR) is 146 cm³/mol. The smallest absolute Gasteiger partial charge is 0.251 e. The lowest BCUT2D eigenvalue weighted by Crippen LogP contribution is -2.50. The van der Waals surface area contributed by atoms with E-state index in [9.17, 15) is 18.3 Å². The van der Waals surface area contributed by atoms with Gasteiger partial charge in [0.05, 0.1) is 36.3 Å². The van der Waals surface area contributed by atoms with Gasteiger partial charge in [0.1, 0.15) is 0 Å². The van der Waals surface area contributed by atoms with Gasteiger partial charge in [-0.05, 0) is 69.6 Å². The normalized spacial score (nSPS) is 29.3. The van der Waals surface area contributed by atoms with Crippen molar-refractivity contribution in [1.82, 2.24) is 5.32 Å². The Morgan fingerprint density at radius 3 is 2.73 bits per heavy atom. The summed E-state index contributed by atoms with van der Waals surface area (Å²) in [6, 6.07) is 6.47. The molecule has 0 saturated carbocycles. The maximum absolute atomic E-state index is 13.0. The van der Waals surface area contributed by atoms with Crippen LogP contribution in [0.25, 0.3) is 0 Å². The van der Waals surface area contributed by atoms with Crippen LogP contribution in [-0.2, 0) is 19.5 Å². The van der Waals surface area contributed by atoms with Crippen LogP contribution in [-0.4, -0.2) is 70.3 Å². The Balaban J connectivity index is 1.54. The molecule has 1 unspecified atom stereocenters. The van der Waals surface area contributed by atoms with E-state index in [1.165, 1.54) is 7.05 Å². The van der Waals surface area contributed by atoms with Crippen molar-refractivity contribution in [3.05, 3.63) is 53.6 Å². The Bertz CT molecular complexity index is 1090. The number of sulfonamides is 1. The molecule has 0 radical (unpaired) electrons. The zero-order valence-corrected chi connectivity index (χ0v) is 23.4. The van der Waals surface area contributed by atoms with Crippen LogP contribution in [0.4, 0.5) is 5.69 Å². The number of anilines is 1. The van der Waals surface area contributed by atoms with Gasteiger partial charge in [0, 0.05) is 25.8 Å². The number of hydrogen-bond acceptors (Lipinski definition) is 6.